The molecule has 0 aliphatic rings. The van der Waals surface area contributed by atoms with Gasteiger partial charge in [-0.3, -0.25) is 14.6 Å². The van der Waals surface area contributed by atoms with Gasteiger partial charge in [-0.1, -0.05) is 30.3 Å². The van der Waals surface area contributed by atoms with Gasteiger partial charge >= 0.3 is 0 Å². The van der Waals surface area contributed by atoms with Crippen LogP contribution in [0, 0.1) is 0 Å². The van der Waals surface area contributed by atoms with E-state index in [9.17, 15) is 9.59 Å². The van der Waals surface area contributed by atoms with Crippen molar-refractivity contribution in [3.05, 3.63) is 77.5 Å². The molecule has 0 radical (unpaired) electrons. The molecule has 1 N–H and O–H groups in total. The van der Waals surface area contributed by atoms with Crippen molar-refractivity contribution in [1.82, 2.24) is 15.2 Å². The first-order valence-electron chi connectivity index (χ1n) is 7.99. The second kappa shape index (κ2) is 7.13. The van der Waals surface area contributed by atoms with E-state index < -0.39 is 0 Å². The average Bonchev–Trinajstić information content (AvgIpc) is 2.65. The molecule has 3 rings (SSSR count). The molecule has 2 aromatic carbocycles. The highest BCUT2D eigenvalue weighted by molar-refractivity contribution is 6.05. The van der Waals surface area contributed by atoms with Crippen molar-refractivity contribution in [2.45, 2.75) is 6.54 Å². The van der Waals surface area contributed by atoms with E-state index in [-0.39, 0.29) is 11.8 Å². The summed E-state index contributed by atoms with van der Waals surface area (Å²) in [5.41, 5.74) is 2.95. The number of fused-ring (bicyclic) bond motifs is 1. The molecule has 126 valence electrons. The van der Waals surface area contributed by atoms with Crippen molar-refractivity contribution in [3.63, 3.8) is 0 Å². The lowest BCUT2D eigenvalue weighted by atomic mass is 10.1. The number of hydrogen-bond acceptors (Lipinski definition) is 3. The molecule has 5 nitrogen and oxygen atoms in total. The summed E-state index contributed by atoms with van der Waals surface area (Å²) >= 11 is 0. The van der Waals surface area contributed by atoms with E-state index in [1.807, 2.05) is 36.4 Å². The third kappa shape index (κ3) is 3.66. The van der Waals surface area contributed by atoms with Crippen LogP contribution in [0.1, 0.15) is 26.3 Å². The summed E-state index contributed by atoms with van der Waals surface area (Å²) in [7, 11) is 3.44. The van der Waals surface area contributed by atoms with Gasteiger partial charge in [-0.15, -0.1) is 0 Å². The lowest BCUT2D eigenvalue weighted by Gasteiger charge is -2.11. The van der Waals surface area contributed by atoms with Crippen molar-refractivity contribution in [2.75, 3.05) is 14.1 Å². The lowest BCUT2D eigenvalue weighted by molar-refractivity contribution is 0.0827. The molecule has 0 saturated carbocycles. The Hall–Kier alpha value is -3.21. The second-order valence-electron chi connectivity index (χ2n) is 5.95. The zero-order valence-electron chi connectivity index (χ0n) is 14.2. The van der Waals surface area contributed by atoms with Crippen LogP contribution in [0.5, 0.6) is 0 Å². The second-order valence-corrected chi connectivity index (χ2v) is 5.95. The maximum atomic E-state index is 12.5. The molecule has 25 heavy (non-hydrogen) atoms. The Labute approximate surface area is 146 Å². The molecular weight excluding hydrogens is 314 g/mol. The number of benzene rings is 2. The number of aromatic nitrogens is 1. The number of hydrogen-bond donors (Lipinski definition) is 1. The van der Waals surface area contributed by atoms with Crippen molar-refractivity contribution in [1.29, 1.82) is 0 Å². The zero-order chi connectivity index (χ0) is 17.8. The quantitative estimate of drug-likeness (QED) is 0.798. The van der Waals surface area contributed by atoms with Crippen molar-refractivity contribution < 1.29 is 9.59 Å². The Morgan fingerprint density at radius 1 is 1.00 bits per heavy atom. The fourth-order valence-corrected chi connectivity index (χ4v) is 2.59. The molecule has 2 amide bonds. The van der Waals surface area contributed by atoms with Crippen molar-refractivity contribution >= 4 is 22.7 Å². The number of carbonyl (C=O) groups excluding carboxylic acids is 2. The van der Waals surface area contributed by atoms with E-state index in [0.717, 1.165) is 16.5 Å². The van der Waals surface area contributed by atoms with Crippen molar-refractivity contribution in [3.8, 4) is 0 Å². The number of para-hydroxylation sites is 1. The average molecular weight is 333 g/mol. The summed E-state index contributed by atoms with van der Waals surface area (Å²) in [6, 6.07) is 16.5. The Morgan fingerprint density at radius 2 is 1.72 bits per heavy atom. The molecule has 0 aliphatic carbocycles. The summed E-state index contributed by atoms with van der Waals surface area (Å²) in [5, 5.41) is 3.74. The van der Waals surface area contributed by atoms with Gasteiger partial charge in [0.25, 0.3) is 11.8 Å². The summed E-state index contributed by atoms with van der Waals surface area (Å²) in [4.78, 5) is 30.2. The van der Waals surface area contributed by atoms with Gasteiger partial charge in [0.15, 0.2) is 0 Å². The topological polar surface area (TPSA) is 62.3 Å². The largest absolute Gasteiger partial charge is 0.348 e. The van der Waals surface area contributed by atoms with E-state index in [1.165, 1.54) is 4.90 Å². The lowest BCUT2D eigenvalue weighted by Crippen LogP contribution is -2.23. The van der Waals surface area contributed by atoms with Crippen LogP contribution >= 0.6 is 0 Å². The molecule has 0 fully saturated rings. The molecule has 1 aromatic heterocycles. The third-order valence-corrected chi connectivity index (χ3v) is 3.95. The molecule has 0 unspecified atom stereocenters. The minimum Gasteiger partial charge on any atom is -0.348 e. The minimum absolute atomic E-state index is 0.0427. The Bertz CT molecular complexity index is 912. The Kier molecular flexibility index (Phi) is 4.75. The third-order valence-electron chi connectivity index (χ3n) is 3.95. The molecule has 3 aromatic rings. The first-order chi connectivity index (χ1) is 12.1. The predicted octanol–water partition coefficient (Wildman–Crippen LogP) is 2.87. The van der Waals surface area contributed by atoms with Gasteiger partial charge in [0.1, 0.15) is 0 Å². The maximum Gasteiger partial charge on any atom is 0.253 e. The summed E-state index contributed by atoms with van der Waals surface area (Å²) < 4.78 is 0. The van der Waals surface area contributed by atoms with E-state index >= 15 is 0 Å². The molecule has 0 saturated heterocycles. The van der Waals surface area contributed by atoms with Gasteiger partial charge in [-0.2, -0.15) is 0 Å². The number of amides is 2. The molecule has 0 spiro atoms. The summed E-state index contributed by atoms with van der Waals surface area (Å²) in [5.74, 6) is -0.189. The van der Waals surface area contributed by atoms with Crippen LogP contribution in [0.3, 0.4) is 0 Å². The Balaban J connectivity index is 1.71. The summed E-state index contributed by atoms with van der Waals surface area (Å²) in [6.07, 6.45) is 1.64. The van der Waals surface area contributed by atoms with Gasteiger partial charge in [-0.05, 0) is 29.8 Å². The van der Waals surface area contributed by atoms with E-state index in [1.54, 1.807) is 38.5 Å². The van der Waals surface area contributed by atoms with E-state index in [0.29, 0.717) is 17.7 Å². The van der Waals surface area contributed by atoms with E-state index in [2.05, 4.69) is 10.3 Å². The number of pyridine rings is 1. The summed E-state index contributed by atoms with van der Waals surface area (Å²) in [6.45, 7) is 0.395. The Morgan fingerprint density at radius 3 is 2.44 bits per heavy atom. The fraction of sp³-hybridized carbons (Fsp3) is 0.150. The molecule has 0 bridgehead atoms. The van der Waals surface area contributed by atoms with Crippen LogP contribution in [0.25, 0.3) is 10.9 Å². The van der Waals surface area contributed by atoms with Gasteiger partial charge in [-0.25, -0.2) is 0 Å². The molecule has 5 heteroatoms. The smallest absolute Gasteiger partial charge is 0.253 e. The first kappa shape index (κ1) is 16.6. The van der Waals surface area contributed by atoms with Crippen molar-refractivity contribution in [2.24, 2.45) is 0 Å². The van der Waals surface area contributed by atoms with Gasteiger partial charge in [0.2, 0.25) is 0 Å². The molecule has 1 heterocycles. The molecule has 0 atom stereocenters. The SMILES string of the molecule is CN(C)C(=O)c1ccc(CNC(=O)c2ccnc3ccccc23)cc1. The number of rotatable bonds is 4. The van der Waals surface area contributed by atoms with Gasteiger partial charge in [0.05, 0.1) is 11.1 Å². The highest BCUT2D eigenvalue weighted by atomic mass is 16.2. The van der Waals surface area contributed by atoms with Crippen LogP contribution in [-0.4, -0.2) is 35.8 Å². The van der Waals surface area contributed by atoms with Gasteiger partial charge in [0, 0.05) is 37.8 Å². The number of nitrogens with zero attached hydrogens (tertiary/aromatic N) is 2. The van der Waals surface area contributed by atoms with E-state index in [4.69, 9.17) is 0 Å². The minimum atomic E-state index is -0.146. The standard InChI is InChI=1S/C20H19N3O2/c1-23(2)20(25)15-9-7-14(8-10-15)13-22-19(24)17-11-12-21-18-6-4-3-5-16(17)18/h3-12H,13H2,1-2H3,(H,22,24). The van der Waals surface area contributed by atoms with Crippen LogP contribution < -0.4 is 5.32 Å². The fourth-order valence-electron chi connectivity index (χ4n) is 2.59. The predicted molar refractivity (Wildman–Crippen MR) is 97.4 cm³/mol. The van der Waals surface area contributed by atoms with Crippen LogP contribution in [0.15, 0.2) is 60.8 Å². The highest BCUT2D eigenvalue weighted by Crippen LogP contribution is 2.16. The van der Waals surface area contributed by atoms with Crippen LogP contribution in [0.4, 0.5) is 0 Å². The van der Waals surface area contributed by atoms with Crippen LogP contribution in [0.2, 0.25) is 0 Å². The first-order valence-corrected chi connectivity index (χ1v) is 7.99. The molecule has 0 aliphatic heterocycles. The maximum absolute atomic E-state index is 12.5. The highest BCUT2D eigenvalue weighted by Gasteiger charge is 2.11. The van der Waals surface area contributed by atoms with Gasteiger partial charge < -0.3 is 10.2 Å². The number of nitrogens with one attached hydrogen (secondary N) is 1. The molecular formula is C20H19N3O2. The monoisotopic (exact) mass is 333 g/mol. The number of carbonyl (C=O) groups is 2. The normalized spacial score (nSPS) is 10.5. The van der Waals surface area contributed by atoms with Crippen LogP contribution in [-0.2, 0) is 6.54 Å². The zero-order valence-corrected chi connectivity index (χ0v) is 14.2.